The zero-order valence-corrected chi connectivity index (χ0v) is 9.78. The van der Waals surface area contributed by atoms with Crippen LogP contribution in [0.4, 0.5) is 0 Å². The topological polar surface area (TPSA) is 4.93 Å². The van der Waals surface area contributed by atoms with Crippen LogP contribution in [0.2, 0.25) is 5.15 Å². The number of rotatable bonds is 0. The number of hydrogen-bond acceptors (Lipinski definition) is 0. The number of aromatic nitrogens is 1. The fourth-order valence-corrected chi connectivity index (χ4v) is 2.46. The lowest BCUT2D eigenvalue weighted by Crippen LogP contribution is -1.85. The first-order valence-electron chi connectivity index (χ1n) is 4.02. The maximum absolute atomic E-state index is 6.14. The maximum atomic E-state index is 6.14. The fraction of sp³-hybridized carbons (Fsp3) is 0.200. The minimum absolute atomic E-state index is 0.807. The van der Waals surface area contributed by atoms with Crippen LogP contribution in [0.5, 0.6) is 0 Å². The second kappa shape index (κ2) is 3.03. The Hall–Kier alpha value is -0.470. The monoisotopic (exact) mass is 257 g/mol. The molecule has 0 unspecified atom stereocenters. The standard InChI is InChI=1S/C10H9BrClN/c1-6-9-7(11)4-3-5-8(9)13(2)10(6)12/h3-5H,1-2H3. The van der Waals surface area contributed by atoms with Gasteiger partial charge in [-0.15, -0.1) is 0 Å². The average Bonchev–Trinajstić information content (AvgIpc) is 2.33. The van der Waals surface area contributed by atoms with E-state index in [2.05, 4.69) is 22.0 Å². The first-order chi connectivity index (χ1) is 6.13. The Labute approximate surface area is 90.4 Å². The molecule has 0 aliphatic rings. The first kappa shape index (κ1) is 9.10. The molecule has 0 spiro atoms. The van der Waals surface area contributed by atoms with Gasteiger partial charge in [0.1, 0.15) is 5.15 Å². The van der Waals surface area contributed by atoms with Gasteiger partial charge < -0.3 is 4.57 Å². The molecule has 13 heavy (non-hydrogen) atoms. The van der Waals surface area contributed by atoms with Gasteiger partial charge in [0.2, 0.25) is 0 Å². The zero-order chi connectivity index (χ0) is 9.59. The molecule has 0 fully saturated rings. The van der Waals surface area contributed by atoms with E-state index in [-0.39, 0.29) is 0 Å². The van der Waals surface area contributed by atoms with E-state index in [4.69, 9.17) is 11.6 Å². The predicted octanol–water partition coefficient (Wildman–Crippen LogP) is 3.90. The number of aryl methyl sites for hydroxylation is 2. The number of benzene rings is 1. The average molecular weight is 259 g/mol. The summed E-state index contributed by atoms with van der Waals surface area (Å²) in [6, 6.07) is 6.12. The summed E-state index contributed by atoms with van der Waals surface area (Å²) in [5.41, 5.74) is 2.29. The highest BCUT2D eigenvalue weighted by Gasteiger charge is 2.11. The lowest BCUT2D eigenvalue weighted by atomic mass is 10.2. The molecule has 0 saturated carbocycles. The highest BCUT2D eigenvalue weighted by Crippen LogP contribution is 2.33. The molecule has 1 heterocycles. The number of nitrogens with zero attached hydrogens (tertiary/aromatic N) is 1. The third-order valence-corrected chi connectivity index (χ3v) is 3.53. The van der Waals surface area contributed by atoms with Crippen molar-refractivity contribution in [2.75, 3.05) is 0 Å². The van der Waals surface area contributed by atoms with E-state index in [1.807, 2.05) is 30.7 Å². The minimum Gasteiger partial charge on any atom is -0.334 e. The van der Waals surface area contributed by atoms with E-state index < -0.39 is 0 Å². The largest absolute Gasteiger partial charge is 0.334 e. The van der Waals surface area contributed by atoms with Gasteiger partial charge in [0.25, 0.3) is 0 Å². The molecule has 2 rings (SSSR count). The summed E-state index contributed by atoms with van der Waals surface area (Å²) < 4.78 is 3.10. The minimum atomic E-state index is 0.807. The Balaban J connectivity index is 3.03. The normalized spacial score (nSPS) is 11.1. The first-order valence-corrected chi connectivity index (χ1v) is 5.19. The molecule has 0 saturated heterocycles. The summed E-state index contributed by atoms with van der Waals surface area (Å²) in [7, 11) is 1.98. The van der Waals surface area contributed by atoms with Crippen molar-refractivity contribution in [3.05, 3.63) is 33.4 Å². The molecular formula is C10H9BrClN. The van der Waals surface area contributed by atoms with Crippen LogP contribution in [0, 0.1) is 6.92 Å². The van der Waals surface area contributed by atoms with E-state index in [1.54, 1.807) is 0 Å². The van der Waals surface area contributed by atoms with Gasteiger partial charge in [-0.1, -0.05) is 33.6 Å². The van der Waals surface area contributed by atoms with Crippen molar-refractivity contribution < 1.29 is 0 Å². The molecule has 2 aromatic rings. The van der Waals surface area contributed by atoms with Gasteiger partial charge in [-0.05, 0) is 24.6 Å². The highest BCUT2D eigenvalue weighted by molar-refractivity contribution is 9.10. The van der Waals surface area contributed by atoms with Crippen molar-refractivity contribution in [3.8, 4) is 0 Å². The van der Waals surface area contributed by atoms with Crippen LogP contribution in [0.25, 0.3) is 10.9 Å². The predicted molar refractivity (Wildman–Crippen MR) is 60.4 cm³/mol. The lowest BCUT2D eigenvalue weighted by molar-refractivity contribution is 0.965. The summed E-state index contributed by atoms with van der Waals surface area (Å²) in [6.45, 7) is 2.04. The van der Waals surface area contributed by atoms with Crippen LogP contribution in [-0.2, 0) is 7.05 Å². The van der Waals surface area contributed by atoms with E-state index in [0.29, 0.717) is 0 Å². The SMILES string of the molecule is Cc1c(Cl)n(C)c2cccc(Br)c12. The lowest BCUT2D eigenvalue weighted by Gasteiger charge is -1.97. The highest BCUT2D eigenvalue weighted by atomic mass is 79.9. The molecule has 0 aliphatic heterocycles. The Kier molecular flexibility index (Phi) is 2.12. The molecular weight excluding hydrogens is 249 g/mol. The summed E-state index contributed by atoms with van der Waals surface area (Å²) in [5.74, 6) is 0. The molecule has 1 nitrogen and oxygen atoms in total. The van der Waals surface area contributed by atoms with Crippen molar-refractivity contribution in [2.24, 2.45) is 7.05 Å². The summed E-state index contributed by atoms with van der Waals surface area (Å²) >= 11 is 9.66. The molecule has 0 radical (unpaired) electrons. The van der Waals surface area contributed by atoms with Crippen molar-refractivity contribution in [2.45, 2.75) is 6.92 Å². The van der Waals surface area contributed by atoms with Gasteiger partial charge in [-0.25, -0.2) is 0 Å². The van der Waals surface area contributed by atoms with Crippen LogP contribution in [0.15, 0.2) is 22.7 Å². The van der Waals surface area contributed by atoms with Gasteiger partial charge in [0.15, 0.2) is 0 Å². The molecule has 68 valence electrons. The number of fused-ring (bicyclic) bond motifs is 1. The van der Waals surface area contributed by atoms with Gasteiger partial charge >= 0.3 is 0 Å². The van der Waals surface area contributed by atoms with Crippen molar-refractivity contribution >= 4 is 38.4 Å². The van der Waals surface area contributed by atoms with Gasteiger partial charge in [0, 0.05) is 16.9 Å². The summed E-state index contributed by atoms with van der Waals surface area (Å²) in [6.07, 6.45) is 0. The van der Waals surface area contributed by atoms with Crippen molar-refractivity contribution in [1.29, 1.82) is 0 Å². The van der Waals surface area contributed by atoms with Crippen LogP contribution >= 0.6 is 27.5 Å². The number of hydrogen-bond donors (Lipinski definition) is 0. The molecule has 0 N–H and O–H groups in total. The zero-order valence-electron chi connectivity index (χ0n) is 7.44. The Morgan fingerprint density at radius 3 is 2.69 bits per heavy atom. The third kappa shape index (κ3) is 1.20. The maximum Gasteiger partial charge on any atom is 0.112 e. The Bertz CT molecular complexity index is 473. The summed E-state index contributed by atoms with van der Waals surface area (Å²) in [4.78, 5) is 0. The molecule has 0 bridgehead atoms. The smallest absolute Gasteiger partial charge is 0.112 e. The van der Waals surface area contributed by atoms with Crippen LogP contribution < -0.4 is 0 Å². The Morgan fingerprint density at radius 1 is 1.38 bits per heavy atom. The van der Waals surface area contributed by atoms with E-state index in [1.165, 1.54) is 5.39 Å². The van der Waals surface area contributed by atoms with Crippen LogP contribution in [0.1, 0.15) is 5.56 Å². The summed E-state index contributed by atoms with van der Waals surface area (Å²) in [5, 5.41) is 2.01. The fourth-order valence-electron chi connectivity index (χ4n) is 1.62. The molecule has 1 aromatic carbocycles. The van der Waals surface area contributed by atoms with Gasteiger partial charge in [0.05, 0.1) is 5.52 Å². The molecule has 0 atom stereocenters. The van der Waals surface area contributed by atoms with E-state index in [0.717, 1.165) is 20.7 Å². The molecule has 3 heteroatoms. The second-order valence-corrected chi connectivity index (χ2v) is 4.32. The molecule has 1 aromatic heterocycles. The molecule has 0 aliphatic carbocycles. The van der Waals surface area contributed by atoms with Crippen molar-refractivity contribution in [3.63, 3.8) is 0 Å². The number of halogens is 2. The van der Waals surface area contributed by atoms with Gasteiger partial charge in [-0.3, -0.25) is 0 Å². The van der Waals surface area contributed by atoms with E-state index in [9.17, 15) is 0 Å². The van der Waals surface area contributed by atoms with Crippen molar-refractivity contribution in [1.82, 2.24) is 4.57 Å². The van der Waals surface area contributed by atoms with E-state index >= 15 is 0 Å². The Morgan fingerprint density at radius 2 is 2.08 bits per heavy atom. The second-order valence-electron chi connectivity index (χ2n) is 3.11. The van der Waals surface area contributed by atoms with Crippen LogP contribution in [0.3, 0.4) is 0 Å². The third-order valence-electron chi connectivity index (χ3n) is 2.33. The van der Waals surface area contributed by atoms with Gasteiger partial charge in [-0.2, -0.15) is 0 Å². The van der Waals surface area contributed by atoms with Crippen LogP contribution in [-0.4, -0.2) is 4.57 Å². The quantitative estimate of drug-likeness (QED) is 0.675. The molecule has 0 amide bonds.